The number of hydrogen-bond acceptors (Lipinski definition) is 5. The lowest BCUT2D eigenvalue weighted by Gasteiger charge is -2.20. The van der Waals surface area contributed by atoms with E-state index in [4.69, 9.17) is 4.74 Å². The Morgan fingerprint density at radius 2 is 0.718 bits per heavy atom. The average Bonchev–Trinajstić information content (AvgIpc) is 3.37. The van der Waals surface area contributed by atoms with E-state index >= 15 is 0 Å². The predicted octanol–water partition coefficient (Wildman–Crippen LogP) is 19.7. The summed E-state index contributed by atoms with van der Waals surface area (Å²) in [5, 5.41) is 23.0. The molecule has 2 atom stereocenters. The minimum atomic E-state index is -0.842. The first-order valence-corrected chi connectivity index (χ1v) is 31.4. The standard InChI is InChI=1S/C65H121NO5/c1-3-5-7-9-11-13-15-16-36-39-43-47-51-55-59-65(70)71-60-56-52-48-44-40-37-34-32-30-28-26-24-22-20-18-17-19-21-23-25-27-29-31-33-35-38-42-46-50-54-58-64(69)66-62(61-67)63(68)57-53-49-45-41-14-12-10-8-6-4-2/h9,11,15-16,18,20,53,57,62-63,67-68H,3-8,10,12-14,17,19,21-52,54-56,58-61H2,1-2H3,(H,66,69)/b11-9-,16-15-,20-18-,57-53+. The van der Waals surface area contributed by atoms with E-state index in [-0.39, 0.29) is 18.5 Å². The summed E-state index contributed by atoms with van der Waals surface area (Å²) in [6.07, 6.45) is 77.4. The van der Waals surface area contributed by atoms with Gasteiger partial charge in [-0.05, 0) is 83.5 Å². The van der Waals surface area contributed by atoms with E-state index in [1.54, 1.807) is 6.08 Å². The molecule has 416 valence electrons. The van der Waals surface area contributed by atoms with E-state index < -0.39 is 12.1 Å². The summed E-state index contributed by atoms with van der Waals surface area (Å²) in [7, 11) is 0. The lowest BCUT2D eigenvalue weighted by Crippen LogP contribution is -2.45. The number of amides is 1. The lowest BCUT2D eigenvalue weighted by atomic mass is 10.0. The molecule has 0 fully saturated rings. The lowest BCUT2D eigenvalue weighted by molar-refractivity contribution is -0.143. The van der Waals surface area contributed by atoms with Crippen molar-refractivity contribution in [1.82, 2.24) is 5.32 Å². The number of nitrogens with one attached hydrogen (secondary N) is 1. The maximum atomic E-state index is 12.4. The van der Waals surface area contributed by atoms with Crippen molar-refractivity contribution in [3.8, 4) is 0 Å². The third kappa shape index (κ3) is 57.0. The van der Waals surface area contributed by atoms with Gasteiger partial charge in [-0.15, -0.1) is 0 Å². The molecule has 0 saturated heterocycles. The van der Waals surface area contributed by atoms with Crippen LogP contribution in [-0.2, 0) is 14.3 Å². The van der Waals surface area contributed by atoms with Crippen LogP contribution in [0.4, 0.5) is 0 Å². The number of aliphatic hydroxyl groups excluding tert-OH is 2. The van der Waals surface area contributed by atoms with Crippen LogP contribution in [-0.4, -0.2) is 47.4 Å². The van der Waals surface area contributed by atoms with Gasteiger partial charge >= 0.3 is 5.97 Å². The second-order valence-corrected chi connectivity index (χ2v) is 21.4. The highest BCUT2D eigenvalue weighted by molar-refractivity contribution is 5.76. The van der Waals surface area contributed by atoms with Crippen LogP contribution in [0.1, 0.15) is 328 Å². The average molecular weight is 997 g/mol. The van der Waals surface area contributed by atoms with Gasteiger partial charge < -0.3 is 20.3 Å². The Balaban J connectivity index is 3.36. The number of aliphatic hydroxyl groups is 2. The molecule has 3 N–H and O–H groups in total. The van der Waals surface area contributed by atoms with Crippen molar-refractivity contribution < 1.29 is 24.5 Å². The molecular weight excluding hydrogens is 875 g/mol. The zero-order chi connectivity index (χ0) is 51.4. The zero-order valence-corrected chi connectivity index (χ0v) is 47.5. The van der Waals surface area contributed by atoms with Crippen LogP contribution in [0.2, 0.25) is 0 Å². The van der Waals surface area contributed by atoms with Crippen molar-refractivity contribution in [1.29, 1.82) is 0 Å². The summed E-state index contributed by atoms with van der Waals surface area (Å²) in [6, 6.07) is -0.625. The Morgan fingerprint density at radius 1 is 0.394 bits per heavy atom. The quantitative estimate of drug-likeness (QED) is 0.0321. The first-order valence-electron chi connectivity index (χ1n) is 31.4. The maximum absolute atomic E-state index is 12.4. The molecule has 0 aliphatic carbocycles. The highest BCUT2D eigenvalue weighted by Crippen LogP contribution is 2.17. The van der Waals surface area contributed by atoms with Crippen LogP contribution in [0.3, 0.4) is 0 Å². The summed E-state index contributed by atoms with van der Waals surface area (Å²) in [5.74, 6) is -0.0666. The normalized spacial score (nSPS) is 12.9. The molecule has 0 aliphatic rings. The number of carbonyl (C=O) groups excluding carboxylic acids is 2. The smallest absolute Gasteiger partial charge is 0.305 e. The van der Waals surface area contributed by atoms with Gasteiger partial charge in [0, 0.05) is 12.8 Å². The second kappa shape index (κ2) is 60.4. The van der Waals surface area contributed by atoms with Gasteiger partial charge in [-0.3, -0.25) is 9.59 Å². The molecule has 6 nitrogen and oxygen atoms in total. The summed E-state index contributed by atoms with van der Waals surface area (Å²) >= 11 is 0. The van der Waals surface area contributed by atoms with E-state index in [1.807, 2.05) is 6.08 Å². The summed E-state index contributed by atoms with van der Waals surface area (Å²) in [6.45, 7) is 4.84. The van der Waals surface area contributed by atoms with Gasteiger partial charge in [-0.2, -0.15) is 0 Å². The van der Waals surface area contributed by atoms with E-state index in [2.05, 4.69) is 55.6 Å². The van der Waals surface area contributed by atoms with E-state index in [9.17, 15) is 19.8 Å². The molecule has 0 aromatic carbocycles. The number of esters is 1. The second-order valence-electron chi connectivity index (χ2n) is 21.4. The first kappa shape index (κ1) is 68.8. The van der Waals surface area contributed by atoms with Gasteiger partial charge in [0.25, 0.3) is 0 Å². The van der Waals surface area contributed by atoms with E-state index in [1.165, 1.54) is 250 Å². The van der Waals surface area contributed by atoms with Crippen LogP contribution in [0, 0.1) is 0 Å². The molecule has 0 aromatic rings. The van der Waals surface area contributed by atoms with Crippen molar-refractivity contribution >= 4 is 11.9 Å². The fourth-order valence-corrected chi connectivity index (χ4v) is 9.47. The number of rotatable bonds is 58. The Bertz CT molecular complexity index is 1190. The molecule has 2 unspecified atom stereocenters. The summed E-state index contributed by atoms with van der Waals surface area (Å²) in [5.41, 5.74) is 0. The summed E-state index contributed by atoms with van der Waals surface area (Å²) in [4.78, 5) is 24.4. The molecule has 0 spiro atoms. The number of allylic oxidation sites excluding steroid dienone is 7. The monoisotopic (exact) mass is 996 g/mol. The van der Waals surface area contributed by atoms with Crippen molar-refractivity contribution in [3.05, 3.63) is 48.6 Å². The summed E-state index contributed by atoms with van der Waals surface area (Å²) < 4.78 is 5.47. The Hall–Kier alpha value is -2.18. The maximum Gasteiger partial charge on any atom is 0.305 e. The molecular formula is C65H121NO5. The van der Waals surface area contributed by atoms with Crippen LogP contribution < -0.4 is 5.32 Å². The highest BCUT2D eigenvalue weighted by atomic mass is 16.5. The molecule has 0 radical (unpaired) electrons. The minimum Gasteiger partial charge on any atom is -0.466 e. The highest BCUT2D eigenvalue weighted by Gasteiger charge is 2.18. The van der Waals surface area contributed by atoms with Gasteiger partial charge in [0.1, 0.15) is 0 Å². The SMILES string of the molecule is CCCC/C=C\C/C=C\CCCCCCCC(=O)OCCCCCCCCCCCCCC/C=C\CCCCCCCCCCCCCCCCC(=O)NC(CO)C(O)/C=C/CCCCCCCCCC. The molecule has 0 heterocycles. The Morgan fingerprint density at radius 3 is 1.13 bits per heavy atom. The molecule has 0 aromatic heterocycles. The van der Waals surface area contributed by atoms with Crippen LogP contribution in [0.5, 0.6) is 0 Å². The third-order valence-corrected chi connectivity index (χ3v) is 14.3. The molecule has 1 amide bonds. The Labute approximate surface area is 442 Å². The molecule has 71 heavy (non-hydrogen) atoms. The molecule has 0 rings (SSSR count). The topological polar surface area (TPSA) is 95.9 Å². The zero-order valence-electron chi connectivity index (χ0n) is 47.5. The third-order valence-electron chi connectivity index (χ3n) is 14.3. The number of hydrogen-bond donors (Lipinski definition) is 3. The minimum absolute atomic E-state index is 0.00167. The molecule has 6 heteroatoms. The number of ether oxygens (including phenoxy) is 1. The van der Waals surface area contributed by atoms with Crippen LogP contribution in [0.15, 0.2) is 48.6 Å². The van der Waals surface area contributed by atoms with E-state index in [0.29, 0.717) is 19.4 Å². The van der Waals surface area contributed by atoms with Crippen molar-refractivity contribution in [2.24, 2.45) is 0 Å². The van der Waals surface area contributed by atoms with E-state index in [0.717, 1.165) is 51.4 Å². The van der Waals surface area contributed by atoms with Gasteiger partial charge in [0.2, 0.25) is 5.91 Å². The predicted molar refractivity (Wildman–Crippen MR) is 310 cm³/mol. The van der Waals surface area contributed by atoms with Gasteiger partial charge in [0.05, 0.1) is 25.4 Å². The fourth-order valence-electron chi connectivity index (χ4n) is 9.47. The van der Waals surface area contributed by atoms with Gasteiger partial charge in [-0.1, -0.05) is 281 Å². The van der Waals surface area contributed by atoms with Crippen LogP contribution in [0.25, 0.3) is 0 Å². The number of carbonyl (C=O) groups is 2. The van der Waals surface area contributed by atoms with Crippen molar-refractivity contribution in [3.63, 3.8) is 0 Å². The molecule has 0 bridgehead atoms. The van der Waals surface area contributed by atoms with Crippen molar-refractivity contribution in [2.45, 2.75) is 341 Å². The molecule has 0 aliphatic heterocycles. The largest absolute Gasteiger partial charge is 0.466 e. The van der Waals surface area contributed by atoms with Crippen molar-refractivity contribution in [2.75, 3.05) is 13.2 Å². The van der Waals surface area contributed by atoms with Gasteiger partial charge in [0.15, 0.2) is 0 Å². The van der Waals surface area contributed by atoms with Crippen LogP contribution >= 0.6 is 0 Å². The molecule has 0 saturated carbocycles. The fraction of sp³-hybridized carbons (Fsp3) is 0.846. The van der Waals surface area contributed by atoms with Gasteiger partial charge in [-0.25, -0.2) is 0 Å². The first-order chi connectivity index (χ1) is 35.0. The Kier molecular flexibility index (Phi) is 58.5. The number of unbranched alkanes of at least 4 members (excludes halogenated alkanes) is 41.